The molecule has 3 rings (SSSR count). The number of methoxy groups -OCH3 is 1. The number of rotatable bonds is 6. The van der Waals surface area contributed by atoms with Crippen molar-refractivity contribution in [2.75, 3.05) is 13.7 Å². The van der Waals surface area contributed by atoms with Crippen LogP contribution in [-0.2, 0) is 11.3 Å². The van der Waals surface area contributed by atoms with Gasteiger partial charge in [-0.1, -0.05) is 0 Å². The maximum Gasteiger partial charge on any atom is 0.391 e. The number of amides is 1. The van der Waals surface area contributed by atoms with E-state index in [9.17, 15) is 22.4 Å². The molecule has 0 bridgehead atoms. The number of carbonyl (C=O) groups is 1. The van der Waals surface area contributed by atoms with Gasteiger partial charge in [-0.25, -0.2) is 4.39 Å². The smallest absolute Gasteiger partial charge is 0.391 e. The van der Waals surface area contributed by atoms with Crippen molar-refractivity contribution in [3.8, 4) is 11.5 Å². The second kappa shape index (κ2) is 9.19. The van der Waals surface area contributed by atoms with E-state index < -0.39 is 24.0 Å². The van der Waals surface area contributed by atoms with Crippen molar-refractivity contribution in [3.05, 3.63) is 23.5 Å². The third-order valence-corrected chi connectivity index (χ3v) is 5.60. The Balaban J connectivity index is 1.60. The fourth-order valence-electron chi connectivity index (χ4n) is 3.90. The maximum absolute atomic E-state index is 14.5. The number of halogens is 4. The van der Waals surface area contributed by atoms with Crippen molar-refractivity contribution in [3.63, 3.8) is 0 Å². The van der Waals surface area contributed by atoms with Gasteiger partial charge in [0.15, 0.2) is 11.6 Å². The third kappa shape index (κ3) is 5.52. The summed E-state index contributed by atoms with van der Waals surface area (Å²) in [6.07, 6.45) is -2.56. The van der Waals surface area contributed by atoms with Gasteiger partial charge >= 0.3 is 6.18 Å². The van der Waals surface area contributed by atoms with Gasteiger partial charge in [0.2, 0.25) is 5.91 Å². The zero-order chi connectivity index (χ0) is 21.0. The summed E-state index contributed by atoms with van der Waals surface area (Å²) < 4.78 is 63.8. The molecule has 2 fully saturated rings. The Bertz CT molecular complexity index is 712. The van der Waals surface area contributed by atoms with Crippen LogP contribution in [0.5, 0.6) is 11.5 Å². The average molecular weight is 418 g/mol. The van der Waals surface area contributed by atoms with Crippen LogP contribution < -0.4 is 20.1 Å². The Morgan fingerprint density at radius 1 is 1.17 bits per heavy atom. The molecule has 5 nitrogen and oxygen atoms in total. The first kappa shape index (κ1) is 21.7. The minimum atomic E-state index is -4.19. The van der Waals surface area contributed by atoms with Gasteiger partial charge in [-0.3, -0.25) is 4.79 Å². The summed E-state index contributed by atoms with van der Waals surface area (Å²) in [4.78, 5) is 12.1. The fourth-order valence-corrected chi connectivity index (χ4v) is 3.90. The molecule has 1 aliphatic carbocycles. The van der Waals surface area contributed by atoms with E-state index in [2.05, 4.69) is 10.6 Å². The van der Waals surface area contributed by atoms with E-state index in [1.807, 2.05) is 0 Å². The highest BCUT2D eigenvalue weighted by atomic mass is 19.4. The minimum absolute atomic E-state index is 0.0216. The van der Waals surface area contributed by atoms with Gasteiger partial charge in [0.25, 0.3) is 0 Å². The van der Waals surface area contributed by atoms with Crippen molar-refractivity contribution < 1.29 is 31.8 Å². The van der Waals surface area contributed by atoms with E-state index in [-0.39, 0.29) is 49.9 Å². The van der Waals surface area contributed by atoms with E-state index in [1.54, 1.807) is 0 Å². The summed E-state index contributed by atoms with van der Waals surface area (Å²) in [5, 5.41) is 5.86. The molecule has 1 saturated heterocycles. The Labute approximate surface area is 167 Å². The predicted molar refractivity (Wildman–Crippen MR) is 98.3 cm³/mol. The van der Waals surface area contributed by atoms with Crippen LogP contribution in [0.3, 0.4) is 0 Å². The molecule has 1 aromatic rings. The van der Waals surface area contributed by atoms with Crippen molar-refractivity contribution in [1.82, 2.24) is 10.6 Å². The molecular formula is C20H26F4N2O3. The first-order valence-corrected chi connectivity index (χ1v) is 9.88. The van der Waals surface area contributed by atoms with Gasteiger partial charge in [-0.2, -0.15) is 13.2 Å². The molecule has 1 saturated carbocycles. The van der Waals surface area contributed by atoms with Gasteiger partial charge in [0.05, 0.1) is 25.2 Å². The molecular weight excluding hydrogens is 392 g/mol. The molecule has 1 heterocycles. The molecule has 1 aromatic carbocycles. The monoisotopic (exact) mass is 418 g/mol. The van der Waals surface area contributed by atoms with Crippen LogP contribution in [0.15, 0.2) is 12.1 Å². The van der Waals surface area contributed by atoms with Gasteiger partial charge in [0.1, 0.15) is 5.75 Å². The summed E-state index contributed by atoms with van der Waals surface area (Å²) in [7, 11) is 1.43. The standard InChI is InChI=1S/C20H26F4N2O3/c1-28-17-10-18(29-14-6-4-13(5-7-14)20(22,23)24)15(21)9-12(17)11-26-19(27)16-3-2-8-25-16/h9-10,13-14,16,25H,2-8,11H2,1H3,(H,26,27). The lowest BCUT2D eigenvalue weighted by molar-refractivity contribution is -0.185. The zero-order valence-electron chi connectivity index (χ0n) is 16.3. The maximum atomic E-state index is 14.5. The molecule has 0 radical (unpaired) electrons. The quantitative estimate of drug-likeness (QED) is 0.692. The van der Waals surface area contributed by atoms with E-state index in [0.29, 0.717) is 11.3 Å². The Morgan fingerprint density at radius 2 is 1.90 bits per heavy atom. The lowest BCUT2D eigenvalue weighted by Crippen LogP contribution is -2.40. The highest BCUT2D eigenvalue weighted by Gasteiger charge is 2.41. The SMILES string of the molecule is COc1cc(OC2CCC(C(F)(F)F)CC2)c(F)cc1CNC(=O)C1CCCN1. The molecule has 2 N–H and O–H groups in total. The first-order valence-electron chi connectivity index (χ1n) is 9.88. The molecule has 29 heavy (non-hydrogen) atoms. The highest BCUT2D eigenvalue weighted by molar-refractivity contribution is 5.82. The minimum Gasteiger partial charge on any atom is -0.496 e. The van der Waals surface area contributed by atoms with Crippen LogP contribution in [0.25, 0.3) is 0 Å². The van der Waals surface area contributed by atoms with Crippen LogP contribution in [-0.4, -0.2) is 37.9 Å². The molecule has 2 aliphatic rings. The topological polar surface area (TPSA) is 59.6 Å². The van der Waals surface area contributed by atoms with E-state index in [0.717, 1.165) is 19.4 Å². The number of nitrogens with one attached hydrogen (secondary N) is 2. The van der Waals surface area contributed by atoms with Crippen molar-refractivity contribution in [1.29, 1.82) is 0 Å². The third-order valence-electron chi connectivity index (χ3n) is 5.60. The summed E-state index contributed by atoms with van der Waals surface area (Å²) in [5.74, 6) is -1.80. The number of ether oxygens (including phenoxy) is 2. The van der Waals surface area contributed by atoms with E-state index in [4.69, 9.17) is 9.47 Å². The lowest BCUT2D eigenvalue weighted by Gasteiger charge is -2.30. The Hall–Kier alpha value is -2.03. The van der Waals surface area contributed by atoms with Gasteiger partial charge in [-0.05, 0) is 51.1 Å². The van der Waals surface area contributed by atoms with Gasteiger partial charge < -0.3 is 20.1 Å². The average Bonchev–Trinajstić information content (AvgIpc) is 3.22. The summed E-state index contributed by atoms with van der Waals surface area (Å²) in [5.41, 5.74) is 0.462. The summed E-state index contributed by atoms with van der Waals surface area (Å²) in [6.45, 7) is 0.904. The van der Waals surface area contributed by atoms with E-state index in [1.165, 1.54) is 19.2 Å². The summed E-state index contributed by atoms with van der Waals surface area (Å²) in [6, 6.07) is 2.39. The number of hydrogen-bond acceptors (Lipinski definition) is 4. The van der Waals surface area contributed by atoms with E-state index >= 15 is 0 Å². The second-order valence-electron chi connectivity index (χ2n) is 7.59. The molecule has 0 spiro atoms. The molecule has 162 valence electrons. The number of carbonyl (C=O) groups excluding carboxylic acids is 1. The van der Waals surface area contributed by atoms with Crippen LogP contribution in [0.4, 0.5) is 17.6 Å². The first-order chi connectivity index (χ1) is 13.8. The molecule has 1 unspecified atom stereocenters. The van der Waals surface area contributed by atoms with Crippen LogP contribution in [0.1, 0.15) is 44.1 Å². The Kier molecular flexibility index (Phi) is 6.87. The lowest BCUT2D eigenvalue weighted by atomic mass is 9.87. The normalized spacial score (nSPS) is 24.9. The number of benzene rings is 1. The Morgan fingerprint density at radius 3 is 2.48 bits per heavy atom. The zero-order valence-corrected chi connectivity index (χ0v) is 16.3. The van der Waals surface area contributed by atoms with Crippen LogP contribution in [0, 0.1) is 11.7 Å². The highest BCUT2D eigenvalue weighted by Crippen LogP contribution is 2.39. The summed E-state index contributed by atoms with van der Waals surface area (Å²) >= 11 is 0. The van der Waals surface area contributed by atoms with Crippen molar-refractivity contribution in [2.45, 2.75) is 63.4 Å². The second-order valence-corrected chi connectivity index (χ2v) is 7.59. The van der Waals surface area contributed by atoms with Crippen LogP contribution in [0.2, 0.25) is 0 Å². The molecule has 9 heteroatoms. The molecule has 1 aliphatic heterocycles. The van der Waals surface area contributed by atoms with Gasteiger partial charge in [-0.15, -0.1) is 0 Å². The molecule has 0 aromatic heterocycles. The largest absolute Gasteiger partial charge is 0.496 e. The number of alkyl halides is 3. The fraction of sp³-hybridized carbons (Fsp3) is 0.650. The number of hydrogen-bond donors (Lipinski definition) is 2. The van der Waals surface area contributed by atoms with Crippen LogP contribution >= 0.6 is 0 Å². The molecule has 1 atom stereocenters. The molecule has 1 amide bonds. The van der Waals surface area contributed by atoms with Crippen molar-refractivity contribution in [2.24, 2.45) is 5.92 Å². The van der Waals surface area contributed by atoms with Crippen molar-refractivity contribution >= 4 is 5.91 Å². The predicted octanol–water partition coefficient (Wildman–Crippen LogP) is 3.70. The van der Waals surface area contributed by atoms with Gasteiger partial charge in [0, 0.05) is 18.2 Å².